The lowest BCUT2D eigenvalue weighted by Gasteiger charge is -2.35. The number of H-pyrrole nitrogens is 1. The molecule has 3 aromatic rings. The molecule has 1 saturated heterocycles. The SMILES string of the molecule is [B]C([B])([B])NC(=O)c1ccc(N2CCN(Cc3cnc4cc(CC)c(=O)[nH]c4c3)C3C(C)C32)cn1. The Bertz CT molecular complexity index is 1320. The lowest BCUT2D eigenvalue weighted by molar-refractivity contribution is 0.0947. The minimum atomic E-state index is -1.79. The quantitative estimate of drug-likeness (QED) is 0.517. The summed E-state index contributed by atoms with van der Waals surface area (Å²) in [4.78, 5) is 41.0. The van der Waals surface area contributed by atoms with Gasteiger partial charge in [0.1, 0.15) is 5.69 Å². The number of carbonyl (C=O) groups excluding carboxylic acids is 1. The molecule has 3 aromatic heterocycles. The topological polar surface area (TPSA) is 94.2 Å². The number of aryl methyl sites for hydroxylation is 1. The summed E-state index contributed by atoms with van der Waals surface area (Å²) in [5.74, 6) is -0.0315. The second kappa shape index (κ2) is 8.86. The number of hydrogen-bond donors (Lipinski definition) is 2. The van der Waals surface area contributed by atoms with Crippen LogP contribution in [0, 0.1) is 5.92 Å². The van der Waals surface area contributed by atoms with Crippen LogP contribution >= 0.6 is 0 Å². The first kappa shape index (κ1) is 23.7. The van der Waals surface area contributed by atoms with Gasteiger partial charge in [-0.2, -0.15) is 0 Å². The van der Waals surface area contributed by atoms with Crippen LogP contribution in [0.2, 0.25) is 0 Å². The molecular weight excluding hydrogens is 437 g/mol. The minimum Gasteiger partial charge on any atom is -0.371 e. The number of carbonyl (C=O) groups is 1. The average Bonchev–Trinajstić information content (AvgIpc) is 3.49. The maximum atomic E-state index is 12.2. The number of nitrogens with zero attached hydrogens (tertiary/aromatic N) is 4. The van der Waals surface area contributed by atoms with Gasteiger partial charge in [-0.25, -0.2) is 4.98 Å². The normalized spacial score (nSPS) is 22.1. The predicted molar refractivity (Wildman–Crippen MR) is 138 cm³/mol. The van der Waals surface area contributed by atoms with E-state index in [4.69, 9.17) is 23.5 Å². The molecule has 2 fully saturated rings. The van der Waals surface area contributed by atoms with Crippen molar-refractivity contribution < 1.29 is 4.79 Å². The number of nitrogens with one attached hydrogen (secondary N) is 2. The number of fused-ring (bicyclic) bond motifs is 2. The Hall–Kier alpha value is -3.07. The third kappa shape index (κ3) is 4.74. The van der Waals surface area contributed by atoms with Crippen LogP contribution in [0.15, 0.2) is 41.5 Å². The number of aromatic amines is 1. The molecule has 172 valence electrons. The monoisotopic (exact) mass is 462 g/mol. The molecule has 2 aliphatic rings. The van der Waals surface area contributed by atoms with E-state index in [2.05, 4.69) is 37.0 Å². The number of anilines is 1. The van der Waals surface area contributed by atoms with Crippen LogP contribution in [-0.4, -0.2) is 79.7 Å². The van der Waals surface area contributed by atoms with Gasteiger partial charge in [0.25, 0.3) is 11.5 Å². The molecule has 35 heavy (non-hydrogen) atoms. The van der Waals surface area contributed by atoms with E-state index in [0.29, 0.717) is 24.4 Å². The first-order chi connectivity index (χ1) is 16.6. The Balaban J connectivity index is 1.27. The fraction of sp³-hybridized carbons (Fsp3) is 0.417. The highest BCUT2D eigenvalue weighted by Crippen LogP contribution is 2.45. The summed E-state index contributed by atoms with van der Waals surface area (Å²) in [5, 5.41) is 0.501. The predicted octanol–water partition coefficient (Wildman–Crippen LogP) is 0.436. The molecule has 1 amide bonds. The molecule has 3 atom stereocenters. The lowest BCUT2D eigenvalue weighted by Crippen LogP contribution is -2.50. The van der Waals surface area contributed by atoms with Crippen LogP contribution in [0.5, 0.6) is 0 Å². The molecule has 8 nitrogen and oxygen atoms in total. The summed E-state index contributed by atoms with van der Waals surface area (Å²) in [5.41, 5.74) is 4.54. The Morgan fingerprint density at radius 2 is 1.97 bits per heavy atom. The van der Waals surface area contributed by atoms with Crippen LogP contribution in [0.3, 0.4) is 0 Å². The molecule has 0 aromatic carbocycles. The van der Waals surface area contributed by atoms with Gasteiger partial charge >= 0.3 is 0 Å². The average molecular weight is 462 g/mol. The van der Waals surface area contributed by atoms with Gasteiger partial charge in [0, 0.05) is 43.5 Å². The smallest absolute Gasteiger partial charge is 0.268 e. The third-order valence-corrected chi connectivity index (χ3v) is 6.93. The van der Waals surface area contributed by atoms with Crippen molar-refractivity contribution in [3.05, 3.63) is 63.8 Å². The number of aromatic nitrogens is 3. The number of pyridine rings is 3. The Morgan fingerprint density at radius 1 is 1.17 bits per heavy atom. The molecule has 5 rings (SSSR count). The summed E-state index contributed by atoms with van der Waals surface area (Å²) in [6.45, 7) is 6.71. The van der Waals surface area contributed by atoms with Gasteiger partial charge in [0.05, 0.1) is 46.5 Å². The molecule has 1 aliphatic carbocycles. The lowest BCUT2D eigenvalue weighted by atomic mass is 9.49. The van der Waals surface area contributed by atoms with Gasteiger partial charge in [-0.05, 0) is 42.2 Å². The largest absolute Gasteiger partial charge is 0.371 e. The summed E-state index contributed by atoms with van der Waals surface area (Å²) in [6.07, 6.45) is 4.29. The standard InChI is InChI=1S/C24H25B3N6O2/c1-3-15-9-18-19(30-22(15)34)8-14(10-28-18)12-32-6-7-33(21-13(2)20(21)32)16-4-5-17(29-11-16)23(35)31-24(25,26)27/h4-5,8-11,13,20-21H,3,6-7,12H2,1-2H3,(H,30,34)(H,31,35). The van der Waals surface area contributed by atoms with E-state index < -0.39 is 11.1 Å². The fourth-order valence-corrected chi connectivity index (χ4v) is 5.16. The van der Waals surface area contributed by atoms with Gasteiger partial charge in [-0.3, -0.25) is 19.5 Å². The molecule has 1 aliphatic heterocycles. The van der Waals surface area contributed by atoms with E-state index in [0.717, 1.165) is 47.5 Å². The Kier molecular flexibility index (Phi) is 5.99. The van der Waals surface area contributed by atoms with E-state index in [1.165, 1.54) is 0 Å². The second-order valence-electron chi connectivity index (χ2n) is 9.55. The number of amides is 1. The van der Waals surface area contributed by atoms with Gasteiger partial charge in [0.15, 0.2) is 0 Å². The molecule has 6 radical (unpaired) electrons. The zero-order chi connectivity index (χ0) is 24.9. The first-order valence-corrected chi connectivity index (χ1v) is 11.8. The molecule has 1 saturated carbocycles. The molecule has 3 unspecified atom stereocenters. The van der Waals surface area contributed by atoms with Crippen molar-refractivity contribution in [3.8, 4) is 0 Å². The van der Waals surface area contributed by atoms with E-state index in [1.807, 2.05) is 31.3 Å². The van der Waals surface area contributed by atoms with Gasteiger partial charge in [0.2, 0.25) is 0 Å². The highest BCUT2D eigenvalue weighted by molar-refractivity contribution is 6.60. The van der Waals surface area contributed by atoms with Crippen molar-refractivity contribution in [2.45, 2.75) is 44.1 Å². The van der Waals surface area contributed by atoms with Crippen molar-refractivity contribution in [3.63, 3.8) is 0 Å². The van der Waals surface area contributed by atoms with Gasteiger partial charge in [-0.15, -0.1) is 0 Å². The molecule has 2 N–H and O–H groups in total. The third-order valence-electron chi connectivity index (χ3n) is 6.93. The van der Waals surface area contributed by atoms with Crippen molar-refractivity contribution >= 4 is 46.2 Å². The zero-order valence-electron chi connectivity index (χ0n) is 19.9. The maximum Gasteiger partial charge on any atom is 0.268 e. The van der Waals surface area contributed by atoms with Crippen LogP contribution < -0.4 is 15.8 Å². The van der Waals surface area contributed by atoms with Crippen LogP contribution in [0.25, 0.3) is 11.0 Å². The van der Waals surface area contributed by atoms with E-state index in [-0.39, 0.29) is 11.3 Å². The van der Waals surface area contributed by atoms with E-state index in [9.17, 15) is 9.59 Å². The molecule has 0 spiro atoms. The van der Waals surface area contributed by atoms with Crippen molar-refractivity contribution in [1.82, 2.24) is 25.2 Å². The molecule has 4 heterocycles. The number of hydrogen-bond acceptors (Lipinski definition) is 6. The number of rotatable bonds is 6. The van der Waals surface area contributed by atoms with Gasteiger partial charge < -0.3 is 15.2 Å². The van der Waals surface area contributed by atoms with Crippen LogP contribution in [0.1, 0.15) is 35.5 Å². The summed E-state index contributed by atoms with van der Waals surface area (Å²) >= 11 is 0. The maximum absolute atomic E-state index is 12.2. The number of piperazine rings is 1. The minimum absolute atomic E-state index is 0.0473. The van der Waals surface area contributed by atoms with Crippen molar-refractivity contribution in [2.24, 2.45) is 5.92 Å². The first-order valence-electron chi connectivity index (χ1n) is 11.8. The highest BCUT2D eigenvalue weighted by Gasteiger charge is 2.56. The van der Waals surface area contributed by atoms with Crippen LogP contribution in [-0.2, 0) is 13.0 Å². The van der Waals surface area contributed by atoms with E-state index in [1.54, 1.807) is 12.3 Å². The Morgan fingerprint density at radius 3 is 2.66 bits per heavy atom. The second-order valence-corrected chi connectivity index (χ2v) is 9.55. The zero-order valence-corrected chi connectivity index (χ0v) is 19.9. The molecule has 0 bridgehead atoms. The molecule has 11 heteroatoms. The summed E-state index contributed by atoms with van der Waals surface area (Å²) < 4.78 is 0. The fourth-order valence-electron chi connectivity index (χ4n) is 5.16. The Labute approximate surface area is 208 Å². The summed E-state index contributed by atoms with van der Waals surface area (Å²) in [7, 11) is 16.3. The highest BCUT2D eigenvalue weighted by atomic mass is 16.2. The summed E-state index contributed by atoms with van der Waals surface area (Å²) in [6, 6.07) is 8.22. The van der Waals surface area contributed by atoms with E-state index >= 15 is 0 Å². The molecular formula is C24H25B3N6O2. The van der Waals surface area contributed by atoms with Crippen LogP contribution in [0.4, 0.5) is 5.69 Å². The van der Waals surface area contributed by atoms with Gasteiger partial charge in [-0.1, -0.05) is 19.1 Å². The van der Waals surface area contributed by atoms with Crippen molar-refractivity contribution in [1.29, 1.82) is 0 Å². The van der Waals surface area contributed by atoms with Crippen molar-refractivity contribution in [2.75, 3.05) is 18.0 Å².